The predicted molar refractivity (Wildman–Crippen MR) is 111 cm³/mol. The zero-order valence-electron chi connectivity index (χ0n) is 16.0. The molecule has 2 aromatic carbocycles. The van der Waals surface area contributed by atoms with Gasteiger partial charge < -0.3 is 14.8 Å². The Kier molecular flexibility index (Phi) is 8.49. The third-order valence-corrected chi connectivity index (χ3v) is 4.59. The number of ketones is 1. The molecule has 0 aliphatic rings. The molecule has 1 unspecified atom stereocenters. The third kappa shape index (κ3) is 7.07. The van der Waals surface area contributed by atoms with Crippen molar-refractivity contribution in [1.82, 2.24) is 5.32 Å². The molecule has 0 aliphatic heterocycles. The number of nitrogens with one attached hydrogen (secondary N) is 1. The molecule has 8 heteroatoms. The van der Waals surface area contributed by atoms with Gasteiger partial charge in [-0.1, -0.05) is 36.2 Å². The van der Waals surface area contributed by atoms with E-state index >= 15 is 0 Å². The second-order valence-electron chi connectivity index (χ2n) is 6.21. The van der Waals surface area contributed by atoms with E-state index in [9.17, 15) is 14.4 Å². The van der Waals surface area contributed by atoms with Crippen molar-refractivity contribution in [3.8, 4) is 5.75 Å². The number of carbonyl (C=O) groups is 3. The number of carbonyl (C=O) groups excluding carboxylic acids is 3. The van der Waals surface area contributed by atoms with Gasteiger partial charge in [0.15, 0.2) is 19.0 Å². The van der Waals surface area contributed by atoms with E-state index in [2.05, 4.69) is 5.32 Å². The van der Waals surface area contributed by atoms with Crippen LogP contribution in [0.5, 0.6) is 5.75 Å². The summed E-state index contributed by atoms with van der Waals surface area (Å²) in [6, 6.07) is 11.0. The van der Waals surface area contributed by atoms with E-state index < -0.39 is 18.5 Å². The maximum atomic E-state index is 12.0. The Morgan fingerprint density at radius 3 is 2.34 bits per heavy atom. The quantitative estimate of drug-likeness (QED) is 0.464. The minimum absolute atomic E-state index is 0.0242. The van der Waals surface area contributed by atoms with Gasteiger partial charge in [-0.05, 0) is 48.9 Å². The molecule has 29 heavy (non-hydrogen) atoms. The average molecular weight is 438 g/mol. The number of benzene rings is 2. The van der Waals surface area contributed by atoms with Gasteiger partial charge in [-0.25, -0.2) is 4.79 Å². The van der Waals surface area contributed by atoms with E-state index in [0.29, 0.717) is 33.3 Å². The van der Waals surface area contributed by atoms with Gasteiger partial charge in [0.25, 0.3) is 5.91 Å². The lowest BCUT2D eigenvalue weighted by atomic mass is 10.1. The molecule has 0 aromatic heterocycles. The van der Waals surface area contributed by atoms with Gasteiger partial charge in [0, 0.05) is 22.0 Å². The van der Waals surface area contributed by atoms with Crippen LogP contribution in [0.15, 0.2) is 42.5 Å². The van der Waals surface area contributed by atoms with E-state index in [-0.39, 0.29) is 18.4 Å². The Morgan fingerprint density at radius 1 is 1.03 bits per heavy atom. The molecule has 1 atom stereocenters. The van der Waals surface area contributed by atoms with Gasteiger partial charge in [0.05, 0.1) is 6.04 Å². The number of ether oxygens (including phenoxy) is 2. The number of hydrogen-bond acceptors (Lipinski definition) is 5. The lowest BCUT2D eigenvalue weighted by Gasteiger charge is -2.16. The summed E-state index contributed by atoms with van der Waals surface area (Å²) in [5, 5.41) is 3.62. The number of hydrogen-bond donors (Lipinski definition) is 1. The van der Waals surface area contributed by atoms with Crippen molar-refractivity contribution in [1.29, 1.82) is 0 Å². The van der Waals surface area contributed by atoms with Gasteiger partial charge in [-0.15, -0.1) is 0 Å². The second kappa shape index (κ2) is 10.8. The fraction of sp³-hybridized carbons (Fsp3) is 0.286. The van der Waals surface area contributed by atoms with Gasteiger partial charge in [-0.3, -0.25) is 9.59 Å². The highest BCUT2D eigenvalue weighted by Gasteiger charge is 2.15. The number of Topliss-reactive ketones (excluding diaryl/α,β-unsaturated/α-hetero) is 1. The third-order valence-electron chi connectivity index (χ3n) is 4.02. The Balaban J connectivity index is 1.75. The fourth-order valence-electron chi connectivity index (χ4n) is 2.48. The summed E-state index contributed by atoms with van der Waals surface area (Å²) in [6.45, 7) is 2.74. The van der Waals surface area contributed by atoms with Crippen molar-refractivity contribution >= 4 is 40.9 Å². The number of rotatable bonds is 9. The van der Waals surface area contributed by atoms with Crippen LogP contribution in [0.3, 0.4) is 0 Å². The molecule has 1 amide bonds. The van der Waals surface area contributed by atoms with Crippen molar-refractivity contribution in [3.63, 3.8) is 0 Å². The second-order valence-corrected chi connectivity index (χ2v) is 7.05. The lowest BCUT2D eigenvalue weighted by Crippen LogP contribution is -2.32. The van der Waals surface area contributed by atoms with Crippen molar-refractivity contribution in [2.75, 3.05) is 13.2 Å². The smallest absolute Gasteiger partial charge is 0.344 e. The molecule has 2 aromatic rings. The summed E-state index contributed by atoms with van der Waals surface area (Å²) in [7, 11) is 0. The van der Waals surface area contributed by atoms with E-state index in [1.807, 2.05) is 0 Å². The first-order chi connectivity index (χ1) is 13.8. The Bertz CT molecular complexity index is 883. The molecule has 0 spiro atoms. The van der Waals surface area contributed by atoms with E-state index in [0.717, 1.165) is 0 Å². The minimum Gasteiger partial charge on any atom is -0.482 e. The zero-order chi connectivity index (χ0) is 21.4. The largest absolute Gasteiger partial charge is 0.482 e. The van der Waals surface area contributed by atoms with Crippen molar-refractivity contribution in [3.05, 3.63) is 63.6 Å². The number of halogens is 2. The van der Waals surface area contributed by atoms with Crippen LogP contribution in [0.25, 0.3) is 0 Å². The number of amides is 1. The predicted octanol–water partition coefficient (Wildman–Crippen LogP) is 4.39. The Morgan fingerprint density at radius 2 is 1.72 bits per heavy atom. The van der Waals surface area contributed by atoms with Crippen LogP contribution in [-0.4, -0.2) is 30.9 Å². The fourth-order valence-corrected chi connectivity index (χ4v) is 3.06. The maximum Gasteiger partial charge on any atom is 0.344 e. The van der Waals surface area contributed by atoms with Crippen LogP contribution in [0.1, 0.15) is 42.2 Å². The van der Waals surface area contributed by atoms with Crippen LogP contribution < -0.4 is 10.1 Å². The Hall–Kier alpha value is -2.57. The van der Waals surface area contributed by atoms with E-state index in [1.165, 1.54) is 0 Å². The van der Waals surface area contributed by atoms with E-state index in [1.54, 1.807) is 56.3 Å². The lowest BCUT2D eigenvalue weighted by molar-refractivity contribution is -0.150. The SMILES string of the molecule is CCC(=O)c1ccc(OCC(=O)OCC(=O)NC(C)c2ccc(Cl)cc2Cl)cc1. The van der Waals surface area contributed by atoms with Gasteiger partial charge >= 0.3 is 5.97 Å². The van der Waals surface area contributed by atoms with Crippen molar-refractivity contribution in [2.24, 2.45) is 0 Å². The van der Waals surface area contributed by atoms with Gasteiger partial charge in [0.1, 0.15) is 5.75 Å². The molecule has 0 saturated carbocycles. The summed E-state index contributed by atoms with van der Waals surface area (Å²) in [5.41, 5.74) is 1.28. The summed E-state index contributed by atoms with van der Waals surface area (Å²) in [4.78, 5) is 35.3. The first-order valence-corrected chi connectivity index (χ1v) is 9.71. The van der Waals surface area contributed by atoms with Gasteiger partial charge in [-0.2, -0.15) is 0 Å². The van der Waals surface area contributed by atoms with E-state index in [4.69, 9.17) is 32.7 Å². The average Bonchev–Trinajstić information content (AvgIpc) is 2.70. The first-order valence-electron chi connectivity index (χ1n) is 8.96. The number of esters is 1. The molecular formula is C21H21Cl2NO5. The van der Waals surface area contributed by atoms with Crippen molar-refractivity contribution in [2.45, 2.75) is 26.3 Å². The maximum absolute atomic E-state index is 12.0. The Labute approximate surface area is 179 Å². The highest BCUT2D eigenvalue weighted by atomic mass is 35.5. The summed E-state index contributed by atoms with van der Waals surface area (Å²) >= 11 is 12.0. The van der Waals surface area contributed by atoms with Crippen molar-refractivity contribution < 1.29 is 23.9 Å². The van der Waals surface area contributed by atoms with Crippen LogP contribution in [0.2, 0.25) is 10.0 Å². The molecule has 0 aliphatic carbocycles. The topological polar surface area (TPSA) is 81.7 Å². The highest BCUT2D eigenvalue weighted by molar-refractivity contribution is 6.35. The standard InChI is InChI=1S/C21H21Cl2NO5/c1-3-19(25)14-4-7-16(8-5-14)28-12-21(27)29-11-20(26)24-13(2)17-9-6-15(22)10-18(17)23/h4-10,13H,3,11-12H2,1-2H3,(H,24,26). The summed E-state index contributed by atoms with van der Waals surface area (Å²) < 4.78 is 10.2. The van der Waals surface area contributed by atoms with Crippen LogP contribution in [0.4, 0.5) is 0 Å². The molecule has 1 N–H and O–H groups in total. The summed E-state index contributed by atoms with van der Waals surface area (Å²) in [6.07, 6.45) is 0.414. The van der Waals surface area contributed by atoms with Crippen LogP contribution in [-0.2, 0) is 14.3 Å². The molecule has 0 saturated heterocycles. The molecule has 0 heterocycles. The molecule has 0 radical (unpaired) electrons. The molecule has 6 nitrogen and oxygen atoms in total. The minimum atomic E-state index is -0.689. The highest BCUT2D eigenvalue weighted by Crippen LogP contribution is 2.26. The summed E-state index contributed by atoms with van der Waals surface area (Å²) in [5.74, 6) is -0.716. The zero-order valence-corrected chi connectivity index (χ0v) is 17.5. The normalized spacial score (nSPS) is 11.4. The monoisotopic (exact) mass is 437 g/mol. The molecule has 154 valence electrons. The molecule has 2 rings (SSSR count). The molecule has 0 bridgehead atoms. The molecular weight excluding hydrogens is 417 g/mol. The van der Waals surface area contributed by atoms with Crippen LogP contribution in [0, 0.1) is 0 Å². The molecule has 0 fully saturated rings. The van der Waals surface area contributed by atoms with Gasteiger partial charge in [0.2, 0.25) is 0 Å². The van der Waals surface area contributed by atoms with Crippen LogP contribution >= 0.6 is 23.2 Å². The first kappa shape index (κ1) is 22.7.